The van der Waals surface area contributed by atoms with Gasteiger partial charge in [-0.2, -0.15) is 13.2 Å². The van der Waals surface area contributed by atoms with Crippen LogP contribution in [0.4, 0.5) is 13.2 Å². The molecule has 0 saturated heterocycles. The van der Waals surface area contributed by atoms with Crippen molar-refractivity contribution in [2.45, 2.75) is 32.5 Å². The summed E-state index contributed by atoms with van der Waals surface area (Å²) in [5, 5.41) is 1.45. The zero-order valence-corrected chi connectivity index (χ0v) is 11.5. The Morgan fingerprint density at radius 3 is 2.20 bits per heavy atom. The first-order chi connectivity index (χ1) is 9.30. The van der Waals surface area contributed by atoms with Gasteiger partial charge in [0.25, 0.3) is 0 Å². The standard InChI is InChI=1S/C16H18F3N/c1-10(2)9-12-7-3-5-11-6-4-8-13(14(11)12)15(20)16(17,18)19/h3-8,10,15H,9,20H2,1-2H3/t15-/m0/s1. The quantitative estimate of drug-likeness (QED) is 0.874. The van der Waals surface area contributed by atoms with Gasteiger partial charge in [-0.15, -0.1) is 0 Å². The lowest BCUT2D eigenvalue weighted by Gasteiger charge is -2.20. The van der Waals surface area contributed by atoms with E-state index in [9.17, 15) is 13.2 Å². The first-order valence-electron chi connectivity index (χ1n) is 6.63. The fraction of sp³-hybridized carbons (Fsp3) is 0.375. The summed E-state index contributed by atoms with van der Waals surface area (Å²) >= 11 is 0. The van der Waals surface area contributed by atoms with Gasteiger partial charge in [-0.25, -0.2) is 0 Å². The predicted molar refractivity (Wildman–Crippen MR) is 75.5 cm³/mol. The minimum absolute atomic E-state index is 0.159. The topological polar surface area (TPSA) is 26.0 Å². The van der Waals surface area contributed by atoms with Crippen molar-refractivity contribution < 1.29 is 13.2 Å². The Balaban J connectivity index is 2.66. The van der Waals surface area contributed by atoms with Crippen molar-refractivity contribution in [3.8, 4) is 0 Å². The van der Waals surface area contributed by atoms with E-state index in [1.54, 1.807) is 6.07 Å². The van der Waals surface area contributed by atoms with Crippen molar-refractivity contribution in [2.75, 3.05) is 0 Å². The van der Waals surface area contributed by atoms with Crippen LogP contribution in [0.3, 0.4) is 0 Å². The Labute approximate surface area is 116 Å². The van der Waals surface area contributed by atoms with Gasteiger partial charge in [0.05, 0.1) is 0 Å². The molecule has 1 nitrogen and oxygen atoms in total. The molecule has 0 aliphatic carbocycles. The van der Waals surface area contributed by atoms with E-state index < -0.39 is 12.2 Å². The molecule has 0 unspecified atom stereocenters. The van der Waals surface area contributed by atoms with E-state index in [0.717, 1.165) is 17.4 Å². The molecule has 2 rings (SSSR count). The molecule has 0 saturated carbocycles. The number of rotatable bonds is 3. The Morgan fingerprint density at radius 2 is 1.65 bits per heavy atom. The largest absolute Gasteiger partial charge is 0.407 e. The first-order valence-corrected chi connectivity index (χ1v) is 6.63. The van der Waals surface area contributed by atoms with Gasteiger partial charge < -0.3 is 5.73 Å². The molecule has 0 aromatic heterocycles. The summed E-state index contributed by atoms with van der Waals surface area (Å²) < 4.78 is 38.8. The molecule has 1 atom stereocenters. The molecular formula is C16H18F3N. The van der Waals surface area contributed by atoms with Crippen LogP contribution in [-0.2, 0) is 6.42 Å². The lowest BCUT2D eigenvalue weighted by Crippen LogP contribution is -2.28. The highest BCUT2D eigenvalue weighted by Gasteiger charge is 2.38. The number of halogens is 3. The van der Waals surface area contributed by atoms with Crippen LogP contribution in [0.15, 0.2) is 36.4 Å². The first kappa shape index (κ1) is 14.9. The Morgan fingerprint density at radius 1 is 1.05 bits per heavy atom. The molecule has 20 heavy (non-hydrogen) atoms. The van der Waals surface area contributed by atoms with Crippen LogP contribution < -0.4 is 5.73 Å². The third kappa shape index (κ3) is 2.96. The molecule has 2 N–H and O–H groups in total. The number of nitrogens with two attached hydrogens (primary N) is 1. The summed E-state index contributed by atoms with van der Waals surface area (Å²) in [6, 6.07) is 8.57. The van der Waals surface area contributed by atoms with Gasteiger partial charge in [0.1, 0.15) is 6.04 Å². The van der Waals surface area contributed by atoms with Crippen LogP contribution in [0.5, 0.6) is 0 Å². The fourth-order valence-corrected chi connectivity index (χ4v) is 2.50. The molecule has 2 aromatic carbocycles. The number of benzene rings is 2. The highest BCUT2D eigenvalue weighted by atomic mass is 19.4. The molecule has 0 aliphatic heterocycles. The van der Waals surface area contributed by atoms with E-state index in [1.807, 2.05) is 38.1 Å². The van der Waals surface area contributed by atoms with E-state index in [0.29, 0.717) is 11.3 Å². The van der Waals surface area contributed by atoms with E-state index in [-0.39, 0.29) is 5.56 Å². The lowest BCUT2D eigenvalue weighted by atomic mass is 9.91. The molecule has 0 fully saturated rings. The molecule has 0 radical (unpaired) electrons. The molecule has 0 aliphatic rings. The van der Waals surface area contributed by atoms with Crippen molar-refractivity contribution in [2.24, 2.45) is 11.7 Å². The predicted octanol–water partition coefficient (Wildman–Crippen LogP) is 4.60. The number of hydrogen-bond donors (Lipinski definition) is 1. The Hall–Kier alpha value is -1.55. The second kappa shape index (κ2) is 5.44. The van der Waals surface area contributed by atoms with Crippen molar-refractivity contribution >= 4 is 10.8 Å². The van der Waals surface area contributed by atoms with E-state index >= 15 is 0 Å². The van der Waals surface area contributed by atoms with Crippen LogP contribution in [0.1, 0.15) is 31.0 Å². The Bertz CT molecular complexity index is 597. The molecule has 0 bridgehead atoms. The normalized spacial score (nSPS) is 13.9. The van der Waals surface area contributed by atoms with E-state index in [2.05, 4.69) is 0 Å². The minimum atomic E-state index is -4.43. The van der Waals surface area contributed by atoms with E-state index in [4.69, 9.17) is 5.73 Å². The maximum atomic E-state index is 12.9. The number of alkyl halides is 3. The highest BCUT2D eigenvalue weighted by molar-refractivity contribution is 5.89. The summed E-state index contributed by atoms with van der Waals surface area (Å²) in [4.78, 5) is 0. The fourth-order valence-electron chi connectivity index (χ4n) is 2.50. The van der Waals surface area contributed by atoms with Gasteiger partial charge in [0, 0.05) is 0 Å². The van der Waals surface area contributed by atoms with Gasteiger partial charge in [-0.3, -0.25) is 0 Å². The summed E-state index contributed by atoms with van der Waals surface area (Å²) in [5.74, 6) is 0.371. The number of fused-ring (bicyclic) bond motifs is 1. The summed E-state index contributed by atoms with van der Waals surface area (Å²) in [7, 11) is 0. The average molecular weight is 281 g/mol. The lowest BCUT2D eigenvalue weighted by molar-refractivity contribution is -0.148. The van der Waals surface area contributed by atoms with E-state index in [1.165, 1.54) is 6.07 Å². The maximum absolute atomic E-state index is 12.9. The average Bonchev–Trinajstić information content (AvgIpc) is 2.35. The van der Waals surface area contributed by atoms with Crippen LogP contribution in [0.2, 0.25) is 0 Å². The van der Waals surface area contributed by atoms with Crippen LogP contribution in [0, 0.1) is 5.92 Å². The van der Waals surface area contributed by atoms with Crippen LogP contribution in [-0.4, -0.2) is 6.18 Å². The van der Waals surface area contributed by atoms with Gasteiger partial charge in [0.2, 0.25) is 0 Å². The third-order valence-corrected chi connectivity index (χ3v) is 3.34. The molecular weight excluding hydrogens is 263 g/mol. The maximum Gasteiger partial charge on any atom is 0.407 e. The SMILES string of the molecule is CC(C)Cc1cccc2cccc([C@H](N)C(F)(F)F)c12. The number of hydrogen-bond acceptors (Lipinski definition) is 1. The molecule has 108 valence electrons. The summed E-state index contributed by atoms with van der Waals surface area (Å²) in [6.45, 7) is 4.09. The van der Waals surface area contributed by atoms with Crippen LogP contribution >= 0.6 is 0 Å². The molecule has 0 spiro atoms. The smallest absolute Gasteiger partial charge is 0.316 e. The van der Waals surface area contributed by atoms with Gasteiger partial charge >= 0.3 is 6.18 Å². The molecule has 2 aromatic rings. The Kier molecular flexibility index (Phi) is 4.04. The van der Waals surface area contributed by atoms with Crippen molar-refractivity contribution in [1.29, 1.82) is 0 Å². The zero-order chi connectivity index (χ0) is 14.9. The highest BCUT2D eigenvalue weighted by Crippen LogP contribution is 2.36. The zero-order valence-electron chi connectivity index (χ0n) is 11.5. The van der Waals surface area contributed by atoms with Gasteiger partial charge in [-0.05, 0) is 34.2 Å². The monoisotopic (exact) mass is 281 g/mol. The molecule has 4 heteroatoms. The third-order valence-electron chi connectivity index (χ3n) is 3.34. The second-order valence-corrected chi connectivity index (χ2v) is 5.48. The van der Waals surface area contributed by atoms with Gasteiger partial charge in [0.15, 0.2) is 0 Å². The summed E-state index contributed by atoms with van der Waals surface area (Å²) in [6.07, 6.45) is -3.70. The second-order valence-electron chi connectivity index (χ2n) is 5.48. The van der Waals surface area contributed by atoms with Crippen molar-refractivity contribution in [1.82, 2.24) is 0 Å². The minimum Gasteiger partial charge on any atom is -0.316 e. The molecule has 0 heterocycles. The van der Waals surface area contributed by atoms with Crippen LogP contribution in [0.25, 0.3) is 10.8 Å². The van der Waals surface area contributed by atoms with Crippen molar-refractivity contribution in [3.05, 3.63) is 47.5 Å². The molecule has 0 amide bonds. The van der Waals surface area contributed by atoms with Crippen molar-refractivity contribution in [3.63, 3.8) is 0 Å². The van der Waals surface area contributed by atoms with Gasteiger partial charge in [-0.1, -0.05) is 50.2 Å². The summed E-state index contributed by atoms with van der Waals surface area (Å²) in [5.41, 5.74) is 6.50.